The molecule has 0 radical (unpaired) electrons. The fourth-order valence-corrected chi connectivity index (χ4v) is 2.63. The van der Waals surface area contributed by atoms with Crippen molar-refractivity contribution < 1.29 is 4.79 Å². The Balaban J connectivity index is 2.18. The van der Waals surface area contributed by atoms with Gasteiger partial charge in [0.2, 0.25) is 0 Å². The lowest BCUT2D eigenvalue weighted by Crippen LogP contribution is -2.07. The zero-order valence-electron chi connectivity index (χ0n) is 8.69. The minimum atomic E-state index is 0.291. The molecule has 0 bridgehead atoms. The second-order valence-corrected chi connectivity index (χ2v) is 4.71. The van der Waals surface area contributed by atoms with E-state index in [0.29, 0.717) is 12.2 Å². The number of hydrogen-bond acceptors (Lipinski definition) is 3. The van der Waals surface area contributed by atoms with E-state index in [1.54, 1.807) is 18.0 Å². The van der Waals surface area contributed by atoms with Crippen LogP contribution in [0.25, 0.3) is 0 Å². The van der Waals surface area contributed by atoms with E-state index in [-0.39, 0.29) is 0 Å². The Hall–Kier alpha value is -1.09. The highest BCUT2D eigenvalue weighted by Gasteiger charge is 2.17. The topological polar surface area (TPSA) is 30.0 Å². The van der Waals surface area contributed by atoms with Crippen molar-refractivity contribution in [2.45, 2.75) is 31.2 Å². The Labute approximate surface area is 93.8 Å². The molecular weight excluding hydrogens is 206 g/mol. The van der Waals surface area contributed by atoms with Gasteiger partial charge in [-0.3, -0.25) is 4.79 Å². The Morgan fingerprint density at radius 3 is 2.93 bits per heavy atom. The molecule has 0 N–H and O–H groups in total. The summed E-state index contributed by atoms with van der Waals surface area (Å²) >= 11 is 1.62. The standard InChI is InChI=1S/C12H13NOS/c1-9-10(14)5-4-6-11(9)15-12-7-2-3-8-13-12/h2-3,7-8H,4-6H2,1H3. The first-order valence-corrected chi connectivity index (χ1v) is 5.91. The number of rotatable bonds is 2. The van der Waals surface area contributed by atoms with Crippen LogP contribution in [0.5, 0.6) is 0 Å². The molecule has 0 atom stereocenters. The summed E-state index contributed by atoms with van der Waals surface area (Å²) in [5, 5.41) is 0.974. The molecule has 2 nitrogen and oxygen atoms in total. The van der Waals surface area contributed by atoms with Crippen LogP contribution in [0.1, 0.15) is 26.2 Å². The van der Waals surface area contributed by atoms with Gasteiger partial charge in [-0.05, 0) is 36.8 Å². The summed E-state index contributed by atoms with van der Waals surface area (Å²) in [6.07, 6.45) is 4.48. The average molecular weight is 219 g/mol. The smallest absolute Gasteiger partial charge is 0.159 e. The third-order valence-corrected chi connectivity index (χ3v) is 3.72. The van der Waals surface area contributed by atoms with E-state index in [9.17, 15) is 4.79 Å². The van der Waals surface area contributed by atoms with Crippen LogP contribution in [0.15, 0.2) is 39.9 Å². The van der Waals surface area contributed by atoms with Gasteiger partial charge in [-0.15, -0.1) is 0 Å². The number of thioether (sulfide) groups is 1. The minimum absolute atomic E-state index is 0.291. The Bertz CT molecular complexity index is 397. The second kappa shape index (κ2) is 4.62. The molecule has 1 aromatic rings. The largest absolute Gasteiger partial charge is 0.295 e. The van der Waals surface area contributed by atoms with Gasteiger partial charge in [0, 0.05) is 18.2 Å². The summed E-state index contributed by atoms with van der Waals surface area (Å²) in [5.41, 5.74) is 0.928. The van der Waals surface area contributed by atoms with Crippen LogP contribution in [0.2, 0.25) is 0 Å². The highest BCUT2D eigenvalue weighted by Crippen LogP contribution is 2.34. The van der Waals surface area contributed by atoms with E-state index in [2.05, 4.69) is 4.98 Å². The summed E-state index contributed by atoms with van der Waals surface area (Å²) in [7, 11) is 0. The summed E-state index contributed by atoms with van der Waals surface area (Å²) in [6, 6.07) is 5.84. The number of Topliss-reactive ketones (excluding diaryl/α,β-unsaturated/α-hetero) is 1. The highest BCUT2D eigenvalue weighted by molar-refractivity contribution is 8.03. The quantitative estimate of drug-likeness (QED) is 0.765. The summed E-state index contributed by atoms with van der Waals surface area (Å²) in [4.78, 5) is 16.9. The number of aromatic nitrogens is 1. The van der Waals surface area contributed by atoms with Gasteiger partial charge in [0.25, 0.3) is 0 Å². The Morgan fingerprint density at radius 2 is 2.20 bits per heavy atom. The highest BCUT2D eigenvalue weighted by atomic mass is 32.2. The van der Waals surface area contributed by atoms with E-state index < -0.39 is 0 Å². The van der Waals surface area contributed by atoms with Crippen LogP contribution < -0.4 is 0 Å². The number of carbonyl (C=O) groups is 1. The lowest BCUT2D eigenvalue weighted by Gasteiger charge is -2.15. The van der Waals surface area contributed by atoms with Gasteiger partial charge < -0.3 is 0 Å². The predicted molar refractivity (Wildman–Crippen MR) is 61.7 cm³/mol. The SMILES string of the molecule is CC1=C(Sc2ccccn2)CCCC1=O. The third kappa shape index (κ3) is 2.48. The van der Waals surface area contributed by atoms with Gasteiger partial charge in [0.1, 0.15) is 5.03 Å². The first-order valence-electron chi connectivity index (χ1n) is 5.09. The van der Waals surface area contributed by atoms with Gasteiger partial charge in [0.15, 0.2) is 5.78 Å². The van der Waals surface area contributed by atoms with E-state index in [4.69, 9.17) is 0 Å². The van der Waals surface area contributed by atoms with Gasteiger partial charge in [-0.25, -0.2) is 4.98 Å². The molecule has 0 amide bonds. The Morgan fingerprint density at radius 1 is 1.33 bits per heavy atom. The van der Waals surface area contributed by atoms with Crippen molar-refractivity contribution in [2.24, 2.45) is 0 Å². The van der Waals surface area contributed by atoms with Crippen molar-refractivity contribution in [1.29, 1.82) is 0 Å². The molecule has 1 aliphatic carbocycles. The van der Waals surface area contributed by atoms with Crippen molar-refractivity contribution >= 4 is 17.5 Å². The maximum Gasteiger partial charge on any atom is 0.159 e. The van der Waals surface area contributed by atoms with Crippen molar-refractivity contribution in [3.63, 3.8) is 0 Å². The molecule has 0 unspecified atom stereocenters. The predicted octanol–water partition coefficient (Wildman–Crippen LogP) is 3.20. The third-order valence-electron chi connectivity index (χ3n) is 2.51. The molecule has 0 saturated carbocycles. The normalized spacial score (nSPS) is 17.0. The van der Waals surface area contributed by atoms with Gasteiger partial charge in [-0.2, -0.15) is 0 Å². The lowest BCUT2D eigenvalue weighted by atomic mass is 9.99. The maximum atomic E-state index is 11.5. The number of hydrogen-bond donors (Lipinski definition) is 0. The van der Waals surface area contributed by atoms with Crippen LogP contribution in [0.3, 0.4) is 0 Å². The molecule has 2 rings (SSSR count). The number of nitrogens with zero attached hydrogens (tertiary/aromatic N) is 1. The van der Waals surface area contributed by atoms with Crippen molar-refractivity contribution in [3.05, 3.63) is 34.9 Å². The molecule has 1 heterocycles. The number of allylic oxidation sites excluding steroid dienone is 2. The molecule has 0 fully saturated rings. The molecule has 0 aliphatic heterocycles. The molecular formula is C12H13NOS. The first-order chi connectivity index (χ1) is 7.27. The van der Waals surface area contributed by atoms with Crippen LogP contribution in [0.4, 0.5) is 0 Å². The zero-order chi connectivity index (χ0) is 10.7. The van der Waals surface area contributed by atoms with Crippen molar-refractivity contribution in [1.82, 2.24) is 4.98 Å². The number of carbonyl (C=O) groups excluding carboxylic acids is 1. The molecule has 0 saturated heterocycles. The summed E-state index contributed by atoms with van der Waals surface area (Å²) < 4.78 is 0. The van der Waals surface area contributed by atoms with E-state index >= 15 is 0 Å². The van der Waals surface area contributed by atoms with Crippen LogP contribution in [-0.4, -0.2) is 10.8 Å². The van der Waals surface area contributed by atoms with Crippen LogP contribution in [0, 0.1) is 0 Å². The van der Waals surface area contributed by atoms with Crippen molar-refractivity contribution in [2.75, 3.05) is 0 Å². The molecule has 1 aromatic heterocycles. The fraction of sp³-hybridized carbons (Fsp3) is 0.333. The summed E-state index contributed by atoms with van der Waals surface area (Å²) in [6.45, 7) is 1.92. The lowest BCUT2D eigenvalue weighted by molar-refractivity contribution is -0.115. The second-order valence-electron chi connectivity index (χ2n) is 3.59. The number of pyridine rings is 1. The van der Waals surface area contributed by atoms with E-state index in [0.717, 1.165) is 23.4 Å². The maximum absolute atomic E-state index is 11.5. The van der Waals surface area contributed by atoms with Crippen LogP contribution in [-0.2, 0) is 4.79 Å². The minimum Gasteiger partial charge on any atom is -0.295 e. The molecule has 0 aromatic carbocycles. The van der Waals surface area contributed by atoms with E-state index in [1.807, 2.05) is 25.1 Å². The van der Waals surface area contributed by atoms with Gasteiger partial charge in [0.05, 0.1) is 0 Å². The van der Waals surface area contributed by atoms with Crippen molar-refractivity contribution in [3.8, 4) is 0 Å². The average Bonchev–Trinajstić information content (AvgIpc) is 2.26. The Kier molecular flexibility index (Phi) is 3.21. The molecule has 1 aliphatic rings. The zero-order valence-corrected chi connectivity index (χ0v) is 9.51. The van der Waals surface area contributed by atoms with Gasteiger partial charge in [-0.1, -0.05) is 17.8 Å². The fourth-order valence-electron chi connectivity index (χ4n) is 1.60. The van der Waals surface area contributed by atoms with Gasteiger partial charge >= 0.3 is 0 Å². The molecule has 3 heteroatoms. The van der Waals surface area contributed by atoms with E-state index in [1.165, 1.54) is 4.91 Å². The monoisotopic (exact) mass is 219 g/mol. The molecule has 0 spiro atoms. The number of ketones is 1. The summed E-state index contributed by atoms with van der Waals surface area (Å²) in [5.74, 6) is 0.291. The first kappa shape index (κ1) is 10.4. The molecule has 78 valence electrons. The molecule has 15 heavy (non-hydrogen) atoms. The van der Waals surface area contributed by atoms with Crippen LogP contribution >= 0.6 is 11.8 Å².